The van der Waals surface area contributed by atoms with Gasteiger partial charge in [0.25, 0.3) is 0 Å². The summed E-state index contributed by atoms with van der Waals surface area (Å²) in [5, 5.41) is 11.5. The molecule has 196 valence electrons. The van der Waals surface area contributed by atoms with Crippen LogP contribution in [0.1, 0.15) is 58.2 Å². The molecule has 0 aliphatic carbocycles. The Labute approximate surface area is 227 Å². The quantitative estimate of drug-likeness (QED) is 0.168. The summed E-state index contributed by atoms with van der Waals surface area (Å²) in [7, 11) is 0. The van der Waals surface area contributed by atoms with E-state index in [-0.39, 0.29) is 5.91 Å². The lowest BCUT2D eigenvalue weighted by Gasteiger charge is -2.31. The second kappa shape index (κ2) is 11.8. The van der Waals surface area contributed by atoms with Gasteiger partial charge in [0.1, 0.15) is 5.75 Å². The standard InChI is InChI=1S/C30H32N4O3S/c1-4-6-18-36-25-17-16-21-12-8-9-13-22(21)26(25)29-34(20(3)35)24-15-11-10-14-23(24)27-28(37-29)31-30(33-32-27)38-19-7-5-2/h8-17,29H,4-7,18-19H2,1-3H3/t29-/m1/s1. The van der Waals surface area contributed by atoms with E-state index in [4.69, 9.17) is 14.5 Å². The van der Waals surface area contributed by atoms with Crippen molar-refractivity contribution in [3.8, 4) is 22.9 Å². The van der Waals surface area contributed by atoms with Gasteiger partial charge >= 0.3 is 0 Å². The van der Waals surface area contributed by atoms with Crippen molar-refractivity contribution in [2.75, 3.05) is 17.3 Å². The number of carbonyl (C=O) groups is 1. The summed E-state index contributed by atoms with van der Waals surface area (Å²) >= 11 is 1.56. The first-order chi connectivity index (χ1) is 18.6. The number of aromatic nitrogens is 3. The van der Waals surface area contributed by atoms with Gasteiger partial charge in [-0.15, -0.1) is 10.2 Å². The Morgan fingerprint density at radius 2 is 1.79 bits per heavy atom. The van der Waals surface area contributed by atoms with Crippen molar-refractivity contribution in [1.82, 2.24) is 15.2 Å². The molecule has 5 rings (SSSR count). The lowest BCUT2D eigenvalue weighted by atomic mass is 10.0. The van der Waals surface area contributed by atoms with E-state index in [0.29, 0.717) is 34.8 Å². The number of ether oxygens (including phenoxy) is 2. The van der Waals surface area contributed by atoms with Crippen molar-refractivity contribution >= 4 is 34.1 Å². The van der Waals surface area contributed by atoms with Crippen LogP contribution in [0.15, 0.2) is 65.8 Å². The Kier molecular flexibility index (Phi) is 8.08. The van der Waals surface area contributed by atoms with Crippen LogP contribution in [0.5, 0.6) is 11.6 Å². The summed E-state index contributed by atoms with van der Waals surface area (Å²) in [6, 6.07) is 19.8. The molecule has 7 nitrogen and oxygen atoms in total. The van der Waals surface area contributed by atoms with Crippen LogP contribution in [0.2, 0.25) is 0 Å². The maximum absolute atomic E-state index is 13.3. The molecule has 0 N–H and O–H groups in total. The van der Waals surface area contributed by atoms with Crippen LogP contribution < -0.4 is 14.4 Å². The highest BCUT2D eigenvalue weighted by Crippen LogP contribution is 2.46. The predicted molar refractivity (Wildman–Crippen MR) is 152 cm³/mol. The summed E-state index contributed by atoms with van der Waals surface area (Å²) in [6.07, 6.45) is 3.28. The SMILES string of the molecule is CCCCOc1ccc2ccccc2c1[C@H]1Oc2nc(SCCCC)nnc2-c2ccccc2N1C(C)=O. The Morgan fingerprint density at radius 1 is 1.00 bits per heavy atom. The fourth-order valence-corrected chi connectivity index (χ4v) is 5.45. The third kappa shape index (κ3) is 5.18. The Hall–Kier alpha value is -3.65. The maximum atomic E-state index is 13.3. The normalized spacial score (nSPS) is 14.4. The molecule has 4 aromatic rings. The molecule has 0 radical (unpaired) electrons. The van der Waals surface area contributed by atoms with Gasteiger partial charge in [0.05, 0.1) is 17.9 Å². The van der Waals surface area contributed by atoms with E-state index in [0.717, 1.165) is 53.3 Å². The van der Waals surface area contributed by atoms with Crippen LogP contribution in [0.3, 0.4) is 0 Å². The predicted octanol–water partition coefficient (Wildman–Crippen LogP) is 7.21. The summed E-state index contributed by atoms with van der Waals surface area (Å²) < 4.78 is 13.0. The number of hydrogen-bond acceptors (Lipinski definition) is 7. The Bertz CT molecular complexity index is 1440. The van der Waals surface area contributed by atoms with E-state index < -0.39 is 6.23 Å². The summed E-state index contributed by atoms with van der Waals surface area (Å²) in [5.41, 5.74) is 2.75. The van der Waals surface area contributed by atoms with E-state index in [9.17, 15) is 4.79 Å². The number of nitrogens with zero attached hydrogens (tertiary/aromatic N) is 4. The average Bonchev–Trinajstić information content (AvgIpc) is 3.07. The smallest absolute Gasteiger partial charge is 0.247 e. The number of benzene rings is 3. The highest BCUT2D eigenvalue weighted by molar-refractivity contribution is 7.99. The molecule has 1 aromatic heterocycles. The molecule has 8 heteroatoms. The minimum atomic E-state index is -0.817. The van der Waals surface area contributed by atoms with Crippen LogP contribution >= 0.6 is 11.8 Å². The largest absolute Gasteiger partial charge is 0.493 e. The molecule has 0 unspecified atom stereocenters. The molecule has 0 spiro atoms. The zero-order valence-electron chi connectivity index (χ0n) is 22.0. The van der Waals surface area contributed by atoms with Crippen molar-refractivity contribution in [3.05, 3.63) is 66.2 Å². The first kappa shape index (κ1) is 26.0. The van der Waals surface area contributed by atoms with Crippen LogP contribution in [0, 0.1) is 0 Å². The van der Waals surface area contributed by atoms with E-state index in [1.165, 1.54) is 0 Å². The van der Waals surface area contributed by atoms with Crippen molar-refractivity contribution in [3.63, 3.8) is 0 Å². The van der Waals surface area contributed by atoms with Crippen LogP contribution in [-0.2, 0) is 4.79 Å². The van der Waals surface area contributed by atoms with Crippen molar-refractivity contribution in [1.29, 1.82) is 0 Å². The van der Waals surface area contributed by atoms with Gasteiger partial charge in [-0.05, 0) is 35.7 Å². The molecule has 0 saturated carbocycles. The summed E-state index contributed by atoms with van der Waals surface area (Å²) in [5.74, 6) is 1.78. The molecule has 0 fully saturated rings. The van der Waals surface area contributed by atoms with Gasteiger partial charge in [0.15, 0.2) is 5.69 Å². The van der Waals surface area contributed by atoms with Gasteiger partial charge in [-0.25, -0.2) is 0 Å². The van der Waals surface area contributed by atoms with E-state index >= 15 is 0 Å². The zero-order valence-corrected chi connectivity index (χ0v) is 22.8. The third-order valence-corrected chi connectivity index (χ3v) is 7.44. The van der Waals surface area contributed by atoms with Crippen molar-refractivity contribution in [2.45, 2.75) is 57.8 Å². The Balaban J connectivity index is 1.72. The second-order valence-electron chi connectivity index (χ2n) is 9.23. The topological polar surface area (TPSA) is 77.4 Å². The molecule has 1 aliphatic rings. The van der Waals surface area contributed by atoms with Gasteiger partial charge in [-0.1, -0.05) is 87.0 Å². The number of fused-ring (bicyclic) bond motifs is 4. The zero-order chi connectivity index (χ0) is 26.5. The number of para-hydroxylation sites is 1. The highest BCUT2D eigenvalue weighted by Gasteiger charge is 2.37. The van der Waals surface area contributed by atoms with Gasteiger partial charge in [-0.2, -0.15) is 4.98 Å². The first-order valence-electron chi connectivity index (χ1n) is 13.2. The molecule has 38 heavy (non-hydrogen) atoms. The van der Waals surface area contributed by atoms with Crippen molar-refractivity contribution in [2.24, 2.45) is 0 Å². The number of carbonyl (C=O) groups excluding carboxylic acids is 1. The molecular weight excluding hydrogens is 496 g/mol. The molecule has 1 amide bonds. The first-order valence-corrected chi connectivity index (χ1v) is 14.2. The van der Waals surface area contributed by atoms with E-state index in [2.05, 4.69) is 30.1 Å². The third-order valence-electron chi connectivity index (χ3n) is 6.51. The number of thioether (sulfide) groups is 1. The van der Waals surface area contributed by atoms with Gasteiger partial charge in [-0.3, -0.25) is 9.69 Å². The molecule has 0 bridgehead atoms. The second-order valence-corrected chi connectivity index (χ2v) is 10.3. The van der Waals surface area contributed by atoms with Crippen LogP contribution in [0.4, 0.5) is 5.69 Å². The molecule has 1 aliphatic heterocycles. The average molecular weight is 529 g/mol. The molecule has 3 aromatic carbocycles. The number of unbranched alkanes of at least 4 members (excludes halogenated alkanes) is 2. The van der Waals surface area contributed by atoms with E-state index in [1.807, 2.05) is 54.6 Å². The van der Waals surface area contributed by atoms with Crippen molar-refractivity contribution < 1.29 is 14.3 Å². The van der Waals surface area contributed by atoms with Crippen LogP contribution in [-0.4, -0.2) is 33.4 Å². The fourth-order valence-electron chi connectivity index (χ4n) is 4.59. The monoisotopic (exact) mass is 528 g/mol. The Morgan fingerprint density at radius 3 is 2.61 bits per heavy atom. The van der Waals surface area contributed by atoms with Gasteiger partial charge in [0.2, 0.25) is 23.2 Å². The number of amides is 1. The minimum absolute atomic E-state index is 0.159. The maximum Gasteiger partial charge on any atom is 0.247 e. The summed E-state index contributed by atoms with van der Waals surface area (Å²) in [6.45, 7) is 6.41. The lowest BCUT2D eigenvalue weighted by Crippen LogP contribution is -2.36. The minimum Gasteiger partial charge on any atom is -0.493 e. The molecule has 0 saturated heterocycles. The van der Waals surface area contributed by atoms with E-state index in [1.54, 1.807) is 23.6 Å². The molecule has 1 atom stereocenters. The van der Waals surface area contributed by atoms with Gasteiger partial charge < -0.3 is 9.47 Å². The molecular formula is C30H32N4O3S. The molecule has 2 heterocycles. The van der Waals surface area contributed by atoms with Crippen LogP contribution in [0.25, 0.3) is 22.0 Å². The number of rotatable bonds is 9. The highest BCUT2D eigenvalue weighted by atomic mass is 32.2. The number of hydrogen-bond donors (Lipinski definition) is 0. The fraction of sp³-hybridized carbons (Fsp3) is 0.333. The van der Waals surface area contributed by atoms with Gasteiger partial charge in [0, 0.05) is 18.2 Å². The lowest BCUT2D eigenvalue weighted by molar-refractivity contribution is -0.118. The number of anilines is 1. The summed E-state index contributed by atoms with van der Waals surface area (Å²) in [4.78, 5) is 19.8.